The molecule has 33 heavy (non-hydrogen) atoms. The smallest absolute Gasteiger partial charge is 0.318 e. The Kier molecular flexibility index (Phi) is 6.42. The van der Waals surface area contributed by atoms with Crippen molar-refractivity contribution in [3.8, 4) is 10.8 Å². The maximum atomic E-state index is 13.6. The highest BCUT2D eigenvalue weighted by atomic mass is 32.1. The number of aromatic nitrogens is 1. The molecule has 3 heterocycles. The number of nitrogens with zero attached hydrogens (tertiary/aromatic N) is 2. The molecule has 0 bridgehead atoms. The zero-order chi connectivity index (χ0) is 22.8. The molecule has 174 valence electrons. The first kappa shape index (κ1) is 22.0. The lowest BCUT2D eigenvalue weighted by Gasteiger charge is -2.31. The maximum Gasteiger partial charge on any atom is 0.318 e. The Balaban J connectivity index is 1.58. The topological polar surface area (TPSA) is 55.7 Å². The van der Waals surface area contributed by atoms with Crippen LogP contribution in [-0.2, 0) is 24.1 Å². The summed E-state index contributed by atoms with van der Waals surface area (Å²) < 4.78 is 12.8. The number of benzene rings is 1. The predicted molar refractivity (Wildman–Crippen MR) is 131 cm³/mol. The van der Waals surface area contributed by atoms with Crippen LogP contribution in [0.15, 0.2) is 42.6 Å². The zero-order valence-electron chi connectivity index (χ0n) is 19.3. The summed E-state index contributed by atoms with van der Waals surface area (Å²) in [6.07, 6.45) is 7.66. The fourth-order valence-electron chi connectivity index (χ4n) is 5.04. The number of aryl methyl sites for hydroxylation is 1. The standard InChI is InChI=1S/C26H31N3O3S/c1-31-16-6-14-27-26(30)29-17-21-20-7-3-4-9-23(20)33-25(21)28-15-5-8-22(28)24(29)18-10-12-19(32-2)13-11-18/h5,8,10-13,15,24H,3-4,6-7,9,14,16-17H2,1-2H3,(H,27,30)/t24-/m1/s1. The predicted octanol–water partition coefficient (Wildman–Crippen LogP) is 5.08. The molecule has 0 radical (unpaired) electrons. The van der Waals surface area contributed by atoms with Crippen molar-refractivity contribution in [1.29, 1.82) is 0 Å². The maximum absolute atomic E-state index is 13.6. The quantitative estimate of drug-likeness (QED) is 0.517. The molecule has 7 heteroatoms. The minimum Gasteiger partial charge on any atom is -0.497 e. The summed E-state index contributed by atoms with van der Waals surface area (Å²) in [4.78, 5) is 17.1. The largest absolute Gasteiger partial charge is 0.497 e. The second-order valence-corrected chi connectivity index (χ2v) is 9.76. The fourth-order valence-corrected chi connectivity index (χ4v) is 6.44. The number of ether oxygens (including phenoxy) is 2. The van der Waals surface area contributed by atoms with E-state index in [4.69, 9.17) is 9.47 Å². The number of nitrogens with one attached hydrogen (secondary N) is 1. The third kappa shape index (κ3) is 4.15. The van der Waals surface area contributed by atoms with Gasteiger partial charge in [0.05, 0.1) is 25.4 Å². The SMILES string of the molecule is COCCCNC(=O)N1Cc2c(sc3c2CCCC3)-n2cccc2[C@H]1c1ccc(OC)cc1. The molecule has 2 aromatic heterocycles. The molecule has 1 N–H and O–H groups in total. The van der Waals surface area contributed by atoms with Crippen LogP contribution in [0.1, 0.15) is 52.6 Å². The normalized spacial score (nSPS) is 17.0. The van der Waals surface area contributed by atoms with Gasteiger partial charge in [0.25, 0.3) is 0 Å². The van der Waals surface area contributed by atoms with Crippen molar-refractivity contribution in [3.05, 3.63) is 69.9 Å². The minimum absolute atomic E-state index is 0.0386. The van der Waals surface area contributed by atoms with E-state index in [1.807, 2.05) is 28.4 Å². The number of fused-ring (bicyclic) bond motifs is 5. The summed E-state index contributed by atoms with van der Waals surface area (Å²) in [6, 6.07) is 12.1. The summed E-state index contributed by atoms with van der Waals surface area (Å²) in [5.74, 6) is 0.812. The van der Waals surface area contributed by atoms with Gasteiger partial charge in [0.15, 0.2) is 0 Å². The summed E-state index contributed by atoms with van der Waals surface area (Å²) in [7, 11) is 3.36. The van der Waals surface area contributed by atoms with Gasteiger partial charge in [-0.15, -0.1) is 11.3 Å². The fraction of sp³-hybridized carbons (Fsp3) is 0.423. The van der Waals surface area contributed by atoms with Gasteiger partial charge in [0.2, 0.25) is 0 Å². The highest BCUT2D eigenvalue weighted by molar-refractivity contribution is 7.15. The lowest BCUT2D eigenvalue weighted by molar-refractivity contribution is 0.174. The van der Waals surface area contributed by atoms with E-state index in [9.17, 15) is 4.79 Å². The van der Waals surface area contributed by atoms with Crippen LogP contribution in [0.3, 0.4) is 0 Å². The van der Waals surface area contributed by atoms with Gasteiger partial charge >= 0.3 is 6.03 Å². The molecular formula is C26H31N3O3S. The molecule has 2 amide bonds. The molecule has 6 nitrogen and oxygen atoms in total. The number of rotatable bonds is 6. The molecule has 0 saturated heterocycles. The summed E-state index contributed by atoms with van der Waals surface area (Å²) in [5.41, 5.74) is 4.97. The third-order valence-electron chi connectivity index (χ3n) is 6.67. The Labute approximate surface area is 199 Å². The van der Waals surface area contributed by atoms with Gasteiger partial charge < -0.3 is 24.3 Å². The van der Waals surface area contributed by atoms with Crippen molar-refractivity contribution in [1.82, 2.24) is 14.8 Å². The lowest BCUT2D eigenvalue weighted by Crippen LogP contribution is -2.42. The van der Waals surface area contributed by atoms with E-state index in [1.54, 1.807) is 14.2 Å². The summed E-state index contributed by atoms with van der Waals surface area (Å²) in [6.45, 7) is 1.83. The van der Waals surface area contributed by atoms with E-state index in [0.717, 1.165) is 36.3 Å². The number of hydrogen-bond acceptors (Lipinski definition) is 4. The number of thiophene rings is 1. The van der Waals surface area contributed by atoms with Crippen molar-refractivity contribution in [2.45, 2.75) is 44.7 Å². The molecule has 3 aromatic rings. The Bertz CT molecular complexity index is 1120. The van der Waals surface area contributed by atoms with Crippen LogP contribution in [0.25, 0.3) is 5.00 Å². The molecule has 1 aliphatic carbocycles. The number of urea groups is 1. The molecule has 0 spiro atoms. The number of carbonyl (C=O) groups is 1. The van der Waals surface area contributed by atoms with Crippen LogP contribution in [-0.4, -0.2) is 42.9 Å². The average molecular weight is 466 g/mol. The van der Waals surface area contributed by atoms with E-state index in [-0.39, 0.29) is 12.1 Å². The van der Waals surface area contributed by atoms with Gasteiger partial charge in [-0.1, -0.05) is 12.1 Å². The van der Waals surface area contributed by atoms with E-state index >= 15 is 0 Å². The van der Waals surface area contributed by atoms with Gasteiger partial charge in [-0.05, 0) is 67.5 Å². The van der Waals surface area contributed by atoms with E-state index in [1.165, 1.54) is 33.8 Å². The van der Waals surface area contributed by atoms with Crippen LogP contribution >= 0.6 is 11.3 Å². The number of amides is 2. The highest BCUT2D eigenvalue weighted by Crippen LogP contribution is 2.44. The molecular weight excluding hydrogens is 434 g/mol. The first-order valence-corrected chi connectivity index (χ1v) is 12.5. The molecule has 1 atom stereocenters. The molecule has 5 rings (SSSR count). The van der Waals surface area contributed by atoms with E-state index < -0.39 is 0 Å². The van der Waals surface area contributed by atoms with E-state index in [2.05, 4.69) is 40.3 Å². The van der Waals surface area contributed by atoms with Crippen molar-refractivity contribution in [2.24, 2.45) is 0 Å². The zero-order valence-corrected chi connectivity index (χ0v) is 20.1. The number of hydrogen-bond donors (Lipinski definition) is 1. The lowest BCUT2D eigenvalue weighted by atomic mass is 9.95. The van der Waals surface area contributed by atoms with Crippen LogP contribution in [0.2, 0.25) is 0 Å². The number of methoxy groups -OCH3 is 2. The summed E-state index contributed by atoms with van der Waals surface area (Å²) >= 11 is 1.91. The Morgan fingerprint density at radius 2 is 1.94 bits per heavy atom. The van der Waals surface area contributed by atoms with Crippen molar-refractivity contribution in [2.75, 3.05) is 27.4 Å². The second kappa shape index (κ2) is 9.61. The first-order valence-electron chi connectivity index (χ1n) is 11.7. The van der Waals surface area contributed by atoms with Gasteiger partial charge in [-0.25, -0.2) is 4.79 Å². The Morgan fingerprint density at radius 1 is 1.12 bits per heavy atom. The number of carbonyl (C=O) groups excluding carboxylic acids is 1. The minimum atomic E-state index is -0.188. The van der Waals surface area contributed by atoms with Crippen molar-refractivity contribution in [3.63, 3.8) is 0 Å². The Hall–Kier alpha value is -2.77. The second-order valence-electron chi connectivity index (χ2n) is 8.68. The molecule has 1 aliphatic heterocycles. The van der Waals surface area contributed by atoms with Crippen LogP contribution in [0, 0.1) is 0 Å². The van der Waals surface area contributed by atoms with Crippen molar-refractivity contribution < 1.29 is 14.3 Å². The van der Waals surface area contributed by atoms with Crippen LogP contribution in [0.4, 0.5) is 4.79 Å². The third-order valence-corrected chi connectivity index (χ3v) is 8.01. The van der Waals surface area contributed by atoms with Gasteiger partial charge in [0, 0.05) is 36.9 Å². The highest BCUT2D eigenvalue weighted by Gasteiger charge is 2.35. The molecule has 2 aliphatic rings. The van der Waals surface area contributed by atoms with E-state index in [0.29, 0.717) is 19.7 Å². The Morgan fingerprint density at radius 3 is 2.73 bits per heavy atom. The van der Waals surface area contributed by atoms with Crippen molar-refractivity contribution >= 4 is 17.4 Å². The summed E-state index contributed by atoms with van der Waals surface area (Å²) in [5, 5.41) is 4.41. The average Bonchev–Trinajstić information content (AvgIpc) is 3.44. The van der Waals surface area contributed by atoms with Crippen LogP contribution < -0.4 is 10.1 Å². The molecule has 0 fully saturated rings. The molecule has 1 aromatic carbocycles. The van der Waals surface area contributed by atoms with Crippen LogP contribution in [0.5, 0.6) is 5.75 Å². The monoisotopic (exact) mass is 465 g/mol. The van der Waals surface area contributed by atoms with Gasteiger partial charge in [-0.3, -0.25) is 0 Å². The van der Waals surface area contributed by atoms with Gasteiger partial charge in [0.1, 0.15) is 10.8 Å². The van der Waals surface area contributed by atoms with Gasteiger partial charge in [-0.2, -0.15) is 0 Å². The molecule has 0 unspecified atom stereocenters. The molecule has 0 saturated carbocycles. The first-order chi connectivity index (χ1) is 16.2.